The van der Waals surface area contributed by atoms with Crippen molar-refractivity contribution in [3.63, 3.8) is 0 Å². The molecule has 2 N–H and O–H groups in total. The largest absolute Gasteiger partial charge is 0.327 e. The lowest BCUT2D eigenvalue weighted by Gasteiger charge is -2.27. The van der Waals surface area contributed by atoms with Crippen molar-refractivity contribution in [2.45, 2.75) is 55.6 Å². The molecular formula is C13H21NS2. The van der Waals surface area contributed by atoms with Gasteiger partial charge in [-0.05, 0) is 31.2 Å². The van der Waals surface area contributed by atoms with Crippen LogP contribution in [-0.2, 0) is 0 Å². The third kappa shape index (κ3) is 3.25. The minimum absolute atomic E-state index is 0.255. The molecule has 1 fully saturated rings. The van der Waals surface area contributed by atoms with Crippen molar-refractivity contribution >= 4 is 23.1 Å². The maximum atomic E-state index is 6.13. The maximum absolute atomic E-state index is 6.13. The quantitative estimate of drug-likeness (QED) is 0.872. The normalized spacial score (nSPS) is 21.9. The zero-order valence-corrected chi connectivity index (χ0v) is 11.5. The molecule has 0 aliphatic heterocycles. The van der Waals surface area contributed by atoms with Crippen LogP contribution in [0.4, 0.5) is 0 Å². The summed E-state index contributed by atoms with van der Waals surface area (Å²) in [5.41, 5.74) is 6.13. The van der Waals surface area contributed by atoms with Gasteiger partial charge in [0.25, 0.3) is 0 Å². The average molecular weight is 255 g/mol. The van der Waals surface area contributed by atoms with Gasteiger partial charge in [0, 0.05) is 16.2 Å². The molecule has 2 rings (SSSR count). The Labute approximate surface area is 107 Å². The van der Waals surface area contributed by atoms with Crippen LogP contribution in [-0.4, -0.2) is 11.3 Å². The molecule has 2 atom stereocenters. The standard InChI is InChI=1S/C13H21NS2/c1-10(14)13(12-8-5-9-15-12)16-11-6-3-2-4-7-11/h5,8-11,13H,2-4,6-7,14H2,1H3. The van der Waals surface area contributed by atoms with Crippen molar-refractivity contribution in [1.29, 1.82) is 0 Å². The summed E-state index contributed by atoms with van der Waals surface area (Å²) in [7, 11) is 0. The van der Waals surface area contributed by atoms with E-state index in [9.17, 15) is 0 Å². The van der Waals surface area contributed by atoms with Gasteiger partial charge in [-0.15, -0.1) is 23.1 Å². The molecule has 2 unspecified atom stereocenters. The van der Waals surface area contributed by atoms with Crippen LogP contribution in [0.2, 0.25) is 0 Å². The van der Waals surface area contributed by atoms with E-state index in [1.165, 1.54) is 37.0 Å². The monoisotopic (exact) mass is 255 g/mol. The summed E-state index contributed by atoms with van der Waals surface area (Å²) in [5.74, 6) is 0. The topological polar surface area (TPSA) is 26.0 Å². The third-order valence-corrected chi connectivity index (χ3v) is 6.13. The summed E-state index contributed by atoms with van der Waals surface area (Å²) in [4.78, 5) is 1.45. The lowest BCUT2D eigenvalue weighted by atomic mass is 10.0. The van der Waals surface area contributed by atoms with E-state index in [1.54, 1.807) is 0 Å². The predicted octanol–water partition coefficient (Wildman–Crippen LogP) is 4.20. The first-order valence-corrected chi connectivity index (χ1v) is 8.04. The Balaban J connectivity index is 1.97. The molecule has 1 aromatic heterocycles. The zero-order chi connectivity index (χ0) is 11.4. The van der Waals surface area contributed by atoms with Crippen LogP contribution < -0.4 is 5.73 Å². The Kier molecular flexibility index (Phi) is 4.74. The molecule has 0 spiro atoms. The molecule has 1 aliphatic carbocycles. The third-order valence-electron chi connectivity index (χ3n) is 3.19. The van der Waals surface area contributed by atoms with Gasteiger partial charge in [-0.2, -0.15) is 0 Å². The molecule has 1 aliphatic rings. The Morgan fingerprint density at radius 3 is 2.69 bits per heavy atom. The van der Waals surface area contributed by atoms with E-state index in [4.69, 9.17) is 5.73 Å². The number of hydrogen-bond acceptors (Lipinski definition) is 3. The van der Waals surface area contributed by atoms with Crippen LogP contribution >= 0.6 is 23.1 Å². The molecule has 0 aromatic carbocycles. The van der Waals surface area contributed by atoms with Gasteiger partial charge in [0.05, 0.1) is 5.25 Å². The van der Waals surface area contributed by atoms with Crippen LogP contribution in [0.1, 0.15) is 49.2 Å². The van der Waals surface area contributed by atoms with Crippen molar-refractivity contribution in [3.8, 4) is 0 Å². The van der Waals surface area contributed by atoms with Crippen molar-refractivity contribution in [3.05, 3.63) is 22.4 Å². The summed E-state index contributed by atoms with van der Waals surface area (Å²) in [6, 6.07) is 4.62. The first kappa shape index (κ1) is 12.5. The molecule has 1 nitrogen and oxygen atoms in total. The van der Waals surface area contributed by atoms with E-state index < -0.39 is 0 Å². The SMILES string of the molecule is CC(N)C(SC1CCCCC1)c1cccs1. The highest BCUT2D eigenvalue weighted by molar-refractivity contribution is 8.00. The second-order valence-electron chi connectivity index (χ2n) is 4.69. The first-order chi connectivity index (χ1) is 7.77. The fourth-order valence-electron chi connectivity index (χ4n) is 2.31. The molecule has 0 saturated heterocycles. The number of nitrogens with two attached hydrogens (primary N) is 1. The molecule has 1 aromatic rings. The van der Waals surface area contributed by atoms with E-state index in [-0.39, 0.29) is 6.04 Å². The Morgan fingerprint density at radius 1 is 1.38 bits per heavy atom. The van der Waals surface area contributed by atoms with Gasteiger partial charge in [-0.25, -0.2) is 0 Å². The van der Waals surface area contributed by atoms with Crippen LogP contribution in [0.3, 0.4) is 0 Å². The lowest BCUT2D eigenvalue weighted by molar-refractivity contribution is 0.513. The average Bonchev–Trinajstić information content (AvgIpc) is 2.80. The van der Waals surface area contributed by atoms with Gasteiger partial charge in [-0.3, -0.25) is 0 Å². The molecule has 1 heterocycles. The van der Waals surface area contributed by atoms with Gasteiger partial charge in [-0.1, -0.05) is 25.3 Å². The van der Waals surface area contributed by atoms with Crippen molar-refractivity contribution in [2.24, 2.45) is 5.73 Å². The molecule has 0 radical (unpaired) electrons. The Bertz CT molecular complexity index is 289. The fraction of sp³-hybridized carbons (Fsp3) is 0.692. The van der Waals surface area contributed by atoms with Crippen LogP contribution in [0.5, 0.6) is 0 Å². The van der Waals surface area contributed by atoms with E-state index in [1.807, 2.05) is 11.3 Å². The zero-order valence-electron chi connectivity index (χ0n) is 9.89. The lowest BCUT2D eigenvalue weighted by Crippen LogP contribution is -2.24. The second kappa shape index (κ2) is 6.08. The molecule has 16 heavy (non-hydrogen) atoms. The summed E-state index contributed by atoms with van der Waals surface area (Å²) in [5, 5.41) is 3.50. The fourth-order valence-corrected chi connectivity index (χ4v) is 4.95. The Morgan fingerprint density at radius 2 is 2.12 bits per heavy atom. The van der Waals surface area contributed by atoms with Crippen LogP contribution in [0.25, 0.3) is 0 Å². The van der Waals surface area contributed by atoms with E-state index in [0.29, 0.717) is 5.25 Å². The smallest absolute Gasteiger partial charge is 0.0542 e. The summed E-state index contributed by atoms with van der Waals surface area (Å²) in [6.45, 7) is 2.14. The number of rotatable bonds is 4. The minimum atomic E-state index is 0.255. The van der Waals surface area contributed by atoms with Crippen molar-refractivity contribution in [1.82, 2.24) is 0 Å². The van der Waals surface area contributed by atoms with Crippen LogP contribution in [0, 0.1) is 0 Å². The molecule has 0 amide bonds. The maximum Gasteiger partial charge on any atom is 0.0542 e. The minimum Gasteiger partial charge on any atom is -0.327 e. The number of hydrogen-bond donors (Lipinski definition) is 1. The number of thiophene rings is 1. The van der Waals surface area contributed by atoms with Gasteiger partial charge >= 0.3 is 0 Å². The molecule has 0 bridgehead atoms. The van der Waals surface area contributed by atoms with Gasteiger partial charge in [0.2, 0.25) is 0 Å². The van der Waals surface area contributed by atoms with Crippen molar-refractivity contribution in [2.75, 3.05) is 0 Å². The molecular weight excluding hydrogens is 234 g/mol. The molecule has 90 valence electrons. The number of thioether (sulfide) groups is 1. The second-order valence-corrected chi connectivity index (χ2v) is 7.12. The van der Waals surface area contributed by atoms with Gasteiger partial charge < -0.3 is 5.73 Å². The summed E-state index contributed by atoms with van der Waals surface area (Å²) in [6.07, 6.45) is 7.03. The Hall–Kier alpha value is 0.01000. The summed E-state index contributed by atoms with van der Waals surface area (Å²) < 4.78 is 0. The van der Waals surface area contributed by atoms with E-state index >= 15 is 0 Å². The first-order valence-electron chi connectivity index (χ1n) is 6.22. The molecule has 3 heteroatoms. The van der Waals surface area contributed by atoms with E-state index in [2.05, 4.69) is 36.2 Å². The highest BCUT2D eigenvalue weighted by Gasteiger charge is 2.23. The highest BCUT2D eigenvalue weighted by atomic mass is 32.2. The molecule has 1 saturated carbocycles. The highest BCUT2D eigenvalue weighted by Crippen LogP contribution is 2.41. The van der Waals surface area contributed by atoms with Gasteiger partial charge in [0.1, 0.15) is 0 Å². The van der Waals surface area contributed by atoms with Gasteiger partial charge in [0.15, 0.2) is 0 Å². The van der Waals surface area contributed by atoms with E-state index in [0.717, 1.165) is 5.25 Å². The van der Waals surface area contributed by atoms with Crippen molar-refractivity contribution < 1.29 is 0 Å². The van der Waals surface area contributed by atoms with Crippen LogP contribution in [0.15, 0.2) is 17.5 Å². The summed E-state index contributed by atoms with van der Waals surface area (Å²) >= 11 is 3.96. The predicted molar refractivity (Wildman–Crippen MR) is 75.2 cm³/mol.